The first-order chi connectivity index (χ1) is 6.87. The molecule has 0 aliphatic carbocycles. The number of carbonyl (C=O) groups is 1. The number of nitrogens with zero attached hydrogens (tertiary/aromatic N) is 3. The number of carboxylic acids is 1. The summed E-state index contributed by atoms with van der Waals surface area (Å²) in [7, 11) is 0. The Bertz CT molecular complexity index is 341. The number of hydrogen-bond acceptors (Lipinski definition) is 4. The first-order valence-corrected chi connectivity index (χ1v) is 4.70. The summed E-state index contributed by atoms with van der Waals surface area (Å²) in [6.07, 6.45) is 2.01. The Morgan fingerprint density at radius 1 is 1.60 bits per heavy atom. The summed E-state index contributed by atoms with van der Waals surface area (Å²) in [4.78, 5) is 10.4. The zero-order chi connectivity index (χ0) is 11.5. The zero-order valence-corrected chi connectivity index (χ0v) is 8.84. The van der Waals surface area contributed by atoms with E-state index in [9.17, 15) is 9.90 Å². The molecule has 2 N–H and O–H groups in total. The molecule has 0 aliphatic rings. The van der Waals surface area contributed by atoms with Gasteiger partial charge < -0.3 is 10.2 Å². The molecule has 0 amide bonds. The summed E-state index contributed by atoms with van der Waals surface area (Å²) < 4.78 is 1.54. The third-order valence-corrected chi connectivity index (χ3v) is 1.87. The summed E-state index contributed by atoms with van der Waals surface area (Å²) in [5, 5.41) is 25.5. The third-order valence-electron chi connectivity index (χ3n) is 1.87. The van der Waals surface area contributed by atoms with E-state index in [-0.39, 0.29) is 6.42 Å². The maximum absolute atomic E-state index is 10.4. The minimum Gasteiger partial charge on any atom is -0.481 e. The van der Waals surface area contributed by atoms with E-state index in [1.165, 1.54) is 4.68 Å². The van der Waals surface area contributed by atoms with Crippen LogP contribution >= 0.6 is 0 Å². The predicted molar refractivity (Wildman–Crippen MR) is 52.3 cm³/mol. The lowest BCUT2D eigenvalue weighted by atomic mass is 10.1. The standard InChI is InChI=1S/C9H15N3O3/c1-9(2,15)3-4-12-6-7(10-11-12)5-8(13)14/h6,15H,3-5H2,1-2H3,(H,13,14). The van der Waals surface area contributed by atoms with Crippen molar-refractivity contribution in [1.82, 2.24) is 15.0 Å². The number of aliphatic hydroxyl groups is 1. The smallest absolute Gasteiger partial charge is 0.309 e. The Labute approximate surface area is 87.5 Å². The highest BCUT2D eigenvalue weighted by Gasteiger charge is 2.13. The average Bonchev–Trinajstić information content (AvgIpc) is 2.46. The van der Waals surface area contributed by atoms with Crippen molar-refractivity contribution in [2.75, 3.05) is 0 Å². The molecule has 6 heteroatoms. The number of aryl methyl sites for hydroxylation is 1. The monoisotopic (exact) mass is 213 g/mol. The van der Waals surface area contributed by atoms with E-state index >= 15 is 0 Å². The average molecular weight is 213 g/mol. The summed E-state index contributed by atoms with van der Waals surface area (Å²) in [5.74, 6) is -0.926. The second-order valence-corrected chi connectivity index (χ2v) is 4.11. The van der Waals surface area contributed by atoms with Crippen molar-refractivity contribution in [3.8, 4) is 0 Å². The predicted octanol–water partition coefficient (Wildman–Crippen LogP) is 0.0662. The molecule has 0 aromatic carbocycles. The molecule has 0 radical (unpaired) electrons. The fraction of sp³-hybridized carbons (Fsp3) is 0.667. The first kappa shape index (κ1) is 11.6. The lowest BCUT2D eigenvalue weighted by Crippen LogP contribution is -2.21. The molecule has 0 atom stereocenters. The third kappa shape index (κ3) is 4.55. The largest absolute Gasteiger partial charge is 0.481 e. The molecule has 0 bridgehead atoms. The van der Waals surface area contributed by atoms with E-state index in [4.69, 9.17) is 5.11 Å². The highest BCUT2D eigenvalue weighted by molar-refractivity contribution is 5.69. The van der Waals surface area contributed by atoms with Crippen molar-refractivity contribution in [3.05, 3.63) is 11.9 Å². The van der Waals surface area contributed by atoms with Gasteiger partial charge >= 0.3 is 5.97 Å². The Balaban J connectivity index is 2.50. The van der Waals surface area contributed by atoms with Crippen LogP contribution in [0.25, 0.3) is 0 Å². The molecule has 0 aliphatic heterocycles. The van der Waals surface area contributed by atoms with Gasteiger partial charge in [0, 0.05) is 12.7 Å². The van der Waals surface area contributed by atoms with Gasteiger partial charge in [0.05, 0.1) is 17.7 Å². The van der Waals surface area contributed by atoms with Gasteiger partial charge in [-0.05, 0) is 20.3 Å². The number of hydrogen-bond donors (Lipinski definition) is 2. The van der Waals surface area contributed by atoms with Gasteiger partial charge in [0.25, 0.3) is 0 Å². The number of aromatic nitrogens is 3. The molecule has 84 valence electrons. The maximum atomic E-state index is 10.4. The SMILES string of the molecule is CC(C)(O)CCn1cc(CC(=O)O)nn1. The van der Waals surface area contributed by atoms with Gasteiger partial charge in [0.15, 0.2) is 0 Å². The van der Waals surface area contributed by atoms with E-state index in [1.54, 1.807) is 20.0 Å². The van der Waals surface area contributed by atoms with Crippen molar-refractivity contribution in [1.29, 1.82) is 0 Å². The zero-order valence-electron chi connectivity index (χ0n) is 8.84. The van der Waals surface area contributed by atoms with Gasteiger partial charge in [-0.25, -0.2) is 0 Å². The second-order valence-electron chi connectivity index (χ2n) is 4.11. The molecule has 1 aromatic heterocycles. The summed E-state index contributed by atoms with van der Waals surface area (Å²) in [5.41, 5.74) is -0.322. The van der Waals surface area contributed by atoms with Crippen LogP contribution in [0.4, 0.5) is 0 Å². The van der Waals surface area contributed by atoms with Gasteiger partial charge in [-0.2, -0.15) is 0 Å². The van der Waals surface area contributed by atoms with Crippen LogP contribution in [0.2, 0.25) is 0 Å². The van der Waals surface area contributed by atoms with E-state index in [2.05, 4.69) is 10.3 Å². The van der Waals surface area contributed by atoms with Gasteiger partial charge in [0.1, 0.15) is 0 Å². The molecule has 0 fully saturated rings. The highest BCUT2D eigenvalue weighted by Crippen LogP contribution is 2.08. The summed E-state index contributed by atoms with van der Waals surface area (Å²) >= 11 is 0. The Kier molecular flexibility index (Phi) is 3.41. The van der Waals surface area contributed by atoms with Crippen LogP contribution in [0, 0.1) is 0 Å². The van der Waals surface area contributed by atoms with Crippen LogP contribution in [-0.4, -0.2) is 36.8 Å². The van der Waals surface area contributed by atoms with E-state index in [0.29, 0.717) is 18.7 Å². The van der Waals surface area contributed by atoms with Crippen molar-refractivity contribution in [2.45, 2.75) is 38.8 Å². The first-order valence-electron chi connectivity index (χ1n) is 4.70. The number of carboxylic acid groups (broad SMARTS) is 1. The molecule has 1 rings (SSSR count). The Morgan fingerprint density at radius 2 is 2.27 bits per heavy atom. The molecular weight excluding hydrogens is 198 g/mol. The fourth-order valence-electron chi connectivity index (χ4n) is 1.07. The molecule has 6 nitrogen and oxygen atoms in total. The second kappa shape index (κ2) is 4.39. The van der Waals surface area contributed by atoms with Crippen molar-refractivity contribution >= 4 is 5.97 Å². The Hall–Kier alpha value is -1.43. The molecule has 0 unspecified atom stereocenters. The molecule has 1 heterocycles. The van der Waals surface area contributed by atoms with Gasteiger partial charge in [-0.15, -0.1) is 5.10 Å². The van der Waals surface area contributed by atoms with Crippen LogP contribution in [0.5, 0.6) is 0 Å². The van der Waals surface area contributed by atoms with Crippen LogP contribution < -0.4 is 0 Å². The van der Waals surface area contributed by atoms with Crippen LogP contribution in [0.1, 0.15) is 26.0 Å². The van der Waals surface area contributed by atoms with Crippen LogP contribution in [0.3, 0.4) is 0 Å². The molecule has 0 spiro atoms. The fourth-order valence-corrected chi connectivity index (χ4v) is 1.07. The van der Waals surface area contributed by atoms with Gasteiger partial charge in [-0.3, -0.25) is 9.48 Å². The van der Waals surface area contributed by atoms with Gasteiger partial charge in [0.2, 0.25) is 0 Å². The molecule has 1 aromatic rings. The summed E-state index contributed by atoms with van der Waals surface area (Å²) in [6.45, 7) is 3.94. The molecule has 0 saturated carbocycles. The quantitative estimate of drug-likeness (QED) is 0.722. The lowest BCUT2D eigenvalue weighted by molar-refractivity contribution is -0.136. The topological polar surface area (TPSA) is 88.2 Å². The molecule has 0 saturated heterocycles. The minimum absolute atomic E-state index is 0.123. The van der Waals surface area contributed by atoms with Crippen molar-refractivity contribution in [3.63, 3.8) is 0 Å². The van der Waals surface area contributed by atoms with E-state index in [1.807, 2.05) is 0 Å². The lowest BCUT2D eigenvalue weighted by Gasteiger charge is -2.15. The Morgan fingerprint density at radius 3 is 2.80 bits per heavy atom. The normalized spacial score (nSPS) is 11.7. The molecular formula is C9H15N3O3. The van der Waals surface area contributed by atoms with E-state index < -0.39 is 11.6 Å². The van der Waals surface area contributed by atoms with Crippen LogP contribution in [0.15, 0.2) is 6.20 Å². The molecule has 15 heavy (non-hydrogen) atoms. The maximum Gasteiger partial charge on any atom is 0.309 e. The number of rotatable bonds is 5. The van der Waals surface area contributed by atoms with Crippen molar-refractivity contribution < 1.29 is 15.0 Å². The summed E-state index contributed by atoms with van der Waals surface area (Å²) in [6, 6.07) is 0. The van der Waals surface area contributed by atoms with Crippen molar-refractivity contribution in [2.24, 2.45) is 0 Å². The van der Waals surface area contributed by atoms with Crippen LogP contribution in [-0.2, 0) is 17.8 Å². The number of aliphatic carboxylic acids is 1. The minimum atomic E-state index is -0.926. The highest BCUT2D eigenvalue weighted by atomic mass is 16.4. The van der Waals surface area contributed by atoms with Gasteiger partial charge in [-0.1, -0.05) is 5.21 Å². The van der Waals surface area contributed by atoms with E-state index in [0.717, 1.165) is 0 Å².